The highest BCUT2D eigenvalue weighted by molar-refractivity contribution is 9.10. The normalized spacial score (nSPS) is 10.7. The fourth-order valence-corrected chi connectivity index (χ4v) is 4.56. The zero-order valence-electron chi connectivity index (χ0n) is 21.1. The predicted molar refractivity (Wildman–Crippen MR) is 153 cm³/mol. The van der Waals surface area contributed by atoms with E-state index < -0.39 is 6.17 Å². The maximum atomic E-state index is 13.1. The largest absolute Gasteiger partial charge is 0.493 e. The Morgan fingerprint density at radius 3 is 1.92 bits per heavy atom. The van der Waals surface area contributed by atoms with Gasteiger partial charge in [0.25, 0.3) is 11.8 Å². The van der Waals surface area contributed by atoms with Crippen molar-refractivity contribution in [3.8, 4) is 11.5 Å². The second-order valence-electron chi connectivity index (χ2n) is 8.57. The smallest absolute Gasteiger partial charge is 0.253 e. The lowest BCUT2D eigenvalue weighted by Crippen LogP contribution is -2.41. The molecule has 0 unspecified atom stereocenters. The molecule has 0 radical (unpaired) electrons. The Labute approximate surface area is 235 Å². The summed E-state index contributed by atoms with van der Waals surface area (Å²) < 4.78 is 13.1. The zero-order valence-corrected chi connectivity index (χ0v) is 24.2. The highest BCUT2D eigenvalue weighted by atomic mass is 79.9. The summed E-state index contributed by atoms with van der Waals surface area (Å²) in [6.45, 7) is 2.79. The van der Waals surface area contributed by atoms with Crippen molar-refractivity contribution in [3.63, 3.8) is 0 Å². The number of unbranched alkanes of at least 4 members (excludes halogenated alkanes) is 4. The maximum absolute atomic E-state index is 13.1. The van der Waals surface area contributed by atoms with Crippen LogP contribution in [0.25, 0.3) is 0 Å². The summed E-state index contributed by atoms with van der Waals surface area (Å²) in [6, 6.07) is 19.5. The van der Waals surface area contributed by atoms with Crippen LogP contribution in [0.5, 0.6) is 11.5 Å². The highest BCUT2D eigenvalue weighted by Crippen LogP contribution is 2.30. The number of hydrogen-bond acceptors (Lipinski definition) is 4. The Hall–Kier alpha value is -2.84. The Bertz CT molecular complexity index is 1140. The van der Waals surface area contributed by atoms with E-state index in [0.29, 0.717) is 34.8 Å². The predicted octanol–water partition coefficient (Wildman–Crippen LogP) is 7.43. The van der Waals surface area contributed by atoms with Gasteiger partial charge in [0.1, 0.15) is 6.17 Å². The molecule has 0 spiro atoms. The van der Waals surface area contributed by atoms with Crippen LogP contribution in [0, 0.1) is 0 Å². The molecule has 0 bridgehead atoms. The highest BCUT2D eigenvalue weighted by Gasteiger charge is 2.21. The van der Waals surface area contributed by atoms with E-state index in [1.54, 1.807) is 49.6 Å². The van der Waals surface area contributed by atoms with Gasteiger partial charge in [0.15, 0.2) is 11.5 Å². The number of carbonyl (C=O) groups excluding carboxylic acids is 2. The first kappa shape index (κ1) is 28.7. The summed E-state index contributed by atoms with van der Waals surface area (Å²) in [5.74, 6) is 0.501. The van der Waals surface area contributed by atoms with Crippen molar-refractivity contribution in [3.05, 3.63) is 92.4 Å². The standard InChI is InChI=1S/C29H32Br2N2O4/c1-3-4-5-6-7-16-37-25-15-14-20(19-26(25)36-2)27(32-28(34)21-10-8-12-23(30)17-21)33-29(35)22-11-9-13-24(31)18-22/h8-15,17-19,27H,3-7,16H2,1-2H3,(H,32,34)(H,33,35). The van der Waals surface area contributed by atoms with Crippen LogP contribution in [0.3, 0.4) is 0 Å². The van der Waals surface area contributed by atoms with E-state index in [2.05, 4.69) is 49.4 Å². The molecule has 0 saturated heterocycles. The van der Waals surface area contributed by atoms with E-state index in [9.17, 15) is 9.59 Å². The van der Waals surface area contributed by atoms with Gasteiger partial charge in [0.2, 0.25) is 0 Å². The SMILES string of the molecule is CCCCCCCOc1ccc(C(NC(=O)c2cccc(Br)c2)NC(=O)c2cccc(Br)c2)cc1OC. The van der Waals surface area contributed by atoms with Crippen LogP contribution >= 0.6 is 31.9 Å². The van der Waals surface area contributed by atoms with Crippen molar-refractivity contribution in [2.75, 3.05) is 13.7 Å². The molecule has 0 aliphatic heterocycles. The summed E-state index contributed by atoms with van der Waals surface area (Å²) in [5.41, 5.74) is 1.58. The number of amides is 2. The number of halogens is 2. The molecule has 6 nitrogen and oxygen atoms in total. The topological polar surface area (TPSA) is 76.7 Å². The molecule has 8 heteroatoms. The van der Waals surface area contributed by atoms with E-state index in [1.807, 2.05) is 24.3 Å². The molecule has 3 aromatic rings. The third-order valence-corrected chi connectivity index (χ3v) is 6.74. The number of nitrogens with one attached hydrogen (secondary N) is 2. The monoisotopic (exact) mass is 630 g/mol. The van der Waals surface area contributed by atoms with E-state index in [1.165, 1.54) is 19.3 Å². The summed E-state index contributed by atoms with van der Waals surface area (Å²) in [5, 5.41) is 5.87. The van der Waals surface area contributed by atoms with Gasteiger partial charge in [0, 0.05) is 20.1 Å². The van der Waals surface area contributed by atoms with Crippen LogP contribution in [0.15, 0.2) is 75.7 Å². The van der Waals surface area contributed by atoms with Crippen LogP contribution in [0.4, 0.5) is 0 Å². The molecule has 196 valence electrons. The molecule has 3 aromatic carbocycles. The molecule has 2 amide bonds. The third kappa shape index (κ3) is 8.90. The first-order chi connectivity index (χ1) is 17.9. The van der Waals surface area contributed by atoms with Crippen molar-refractivity contribution in [1.29, 1.82) is 0 Å². The maximum Gasteiger partial charge on any atom is 0.253 e. The number of hydrogen-bond donors (Lipinski definition) is 2. The van der Waals surface area contributed by atoms with Crippen LogP contribution in [-0.4, -0.2) is 25.5 Å². The number of benzene rings is 3. The molecule has 37 heavy (non-hydrogen) atoms. The molecule has 0 aliphatic rings. The zero-order chi connectivity index (χ0) is 26.6. The van der Waals surface area contributed by atoms with E-state index >= 15 is 0 Å². The van der Waals surface area contributed by atoms with Crippen molar-refractivity contribution >= 4 is 43.7 Å². The fourth-order valence-electron chi connectivity index (χ4n) is 3.76. The van der Waals surface area contributed by atoms with Gasteiger partial charge in [-0.1, -0.05) is 82.7 Å². The number of rotatable bonds is 13. The second-order valence-corrected chi connectivity index (χ2v) is 10.4. The lowest BCUT2D eigenvalue weighted by molar-refractivity contribution is 0.0883. The third-order valence-electron chi connectivity index (χ3n) is 5.75. The first-order valence-electron chi connectivity index (χ1n) is 12.3. The van der Waals surface area contributed by atoms with Gasteiger partial charge in [-0.2, -0.15) is 0 Å². The van der Waals surface area contributed by atoms with Crippen LogP contribution in [0.2, 0.25) is 0 Å². The van der Waals surface area contributed by atoms with Crippen LogP contribution in [0.1, 0.15) is 71.5 Å². The van der Waals surface area contributed by atoms with Crippen molar-refractivity contribution in [1.82, 2.24) is 10.6 Å². The molecule has 0 fully saturated rings. The van der Waals surface area contributed by atoms with Gasteiger partial charge in [-0.15, -0.1) is 0 Å². The minimum absolute atomic E-state index is 0.327. The van der Waals surface area contributed by atoms with Gasteiger partial charge < -0.3 is 20.1 Å². The molecule has 0 aromatic heterocycles. The Kier molecular flexibility index (Phi) is 11.5. The van der Waals surface area contributed by atoms with Gasteiger partial charge in [-0.05, 0) is 60.5 Å². The Balaban J connectivity index is 1.81. The van der Waals surface area contributed by atoms with Crippen LogP contribution in [-0.2, 0) is 0 Å². The van der Waals surface area contributed by atoms with Gasteiger partial charge in [-0.3, -0.25) is 9.59 Å². The minimum Gasteiger partial charge on any atom is -0.493 e. The number of ether oxygens (including phenoxy) is 2. The lowest BCUT2D eigenvalue weighted by atomic mass is 10.1. The molecule has 0 atom stereocenters. The van der Waals surface area contributed by atoms with Gasteiger partial charge >= 0.3 is 0 Å². The number of methoxy groups -OCH3 is 1. The average Bonchev–Trinajstić information content (AvgIpc) is 2.90. The van der Waals surface area contributed by atoms with Gasteiger partial charge in [-0.25, -0.2) is 0 Å². The minimum atomic E-state index is -0.810. The van der Waals surface area contributed by atoms with Crippen LogP contribution < -0.4 is 20.1 Å². The average molecular weight is 632 g/mol. The molecule has 3 rings (SSSR count). The van der Waals surface area contributed by atoms with Gasteiger partial charge in [0.05, 0.1) is 13.7 Å². The summed E-state index contributed by atoms with van der Waals surface area (Å²) in [4.78, 5) is 26.2. The number of carbonyl (C=O) groups is 2. The fraction of sp³-hybridized carbons (Fsp3) is 0.310. The summed E-state index contributed by atoms with van der Waals surface area (Å²) in [6.07, 6.45) is 4.92. The van der Waals surface area contributed by atoms with E-state index in [-0.39, 0.29) is 11.8 Å². The van der Waals surface area contributed by atoms with Crippen molar-refractivity contribution in [2.24, 2.45) is 0 Å². The summed E-state index contributed by atoms with van der Waals surface area (Å²) in [7, 11) is 1.57. The second kappa shape index (κ2) is 14.8. The molecule has 0 saturated carbocycles. The molecular formula is C29H32Br2N2O4. The van der Waals surface area contributed by atoms with E-state index in [4.69, 9.17) is 9.47 Å². The quantitative estimate of drug-likeness (QED) is 0.152. The molecular weight excluding hydrogens is 600 g/mol. The molecule has 2 N–H and O–H groups in total. The lowest BCUT2D eigenvalue weighted by Gasteiger charge is -2.22. The van der Waals surface area contributed by atoms with E-state index in [0.717, 1.165) is 21.8 Å². The Morgan fingerprint density at radius 1 is 0.784 bits per heavy atom. The molecule has 0 heterocycles. The van der Waals surface area contributed by atoms with Crippen molar-refractivity contribution < 1.29 is 19.1 Å². The molecule has 0 aliphatic carbocycles. The Morgan fingerprint density at radius 2 is 1.38 bits per heavy atom. The summed E-state index contributed by atoms with van der Waals surface area (Å²) >= 11 is 6.80. The first-order valence-corrected chi connectivity index (χ1v) is 13.9. The van der Waals surface area contributed by atoms with Crippen molar-refractivity contribution in [2.45, 2.75) is 45.2 Å².